The first kappa shape index (κ1) is 16.1. The van der Waals surface area contributed by atoms with Crippen LogP contribution in [0.15, 0.2) is 78.0 Å². The number of para-hydroxylation sites is 2. The molecule has 4 aromatic rings. The Morgan fingerprint density at radius 1 is 0.960 bits per heavy atom. The van der Waals surface area contributed by atoms with Gasteiger partial charge in [0, 0.05) is 16.3 Å². The number of ether oxygens (including phenoxy) is 1. The second-order valence-electron chi connectivity index (χ2n) is 5.51. The predicted octanol–water partition coefficient (Wildman–Crippen LogP) is 6.30. The summed E-state index contributed by atoms with van der Waals surface area (Å²) in [5.41, 5.74) is 2.99. The number of thioether (sulfide) groups is 1. The van der Waals surface area contributed by atoms with E-state index in [2.05, 4.69) is 16.0 Å². The zero-order chi connectivity index (χ0) is 17.1. The summed E-state index contributed by atoms with van der Waals surface area (Å²) in [6.07, 6.45) is 0. The molecule has 0 unspecified atom stereocenters. The number of benzene rings is 3. The minimum atomic E-state index is 0.703. The number of nitrogens with one attached hydrogen (secondary N) is 1. The van der Waals surface area contributed by atoms with Gasteiger partial charge in [-0.2, -0.15) is 0 Å². The molecular formula is C20H15ClN2OS. The highest BCUT2D eigenvalue weighted by molar-refractivity contribution is 7.98. The van der Waals surface area contributed by atoms with Crippen LogP contribution < -0.4 is 4.74 Å². The number of hydrogen-bond acceptors (Lipinski definition) is 3. The van der Waals surface area contributed by atoms with Crippen LogP contribution in [0.25, 0.3) is 11.0 Å². The van der Waals surface area contributed by atoms with Crippen LogP contribution in [0.2, 0.25) is 5.02 Å². The second kappa shape index (κ2) is 7.21. The smallest absolute Gasteiger partial charge is 0.166 e. The SMILES string of the molecule is Clc1ccc2nc(SCc3ccccc3Oc3ccccc3)[nH]c2c1. The molecule has 1 N–H and O–H groups in total. The third-order valence-corrected chi connectivity index (χ3v) is 4.89. The van der Waals surface area contributed by atoms with Gasteiger partial charge in [0.1, 0.15) is 11.5 Å². The molecule has 0 aliphatic heterocycles. The van der Waals surface area contributed by atoms with Crippen molar-refractivity contribution in [1.29, 1.82) is 0 Å². The highest BCUT2D eigenvalue weighted by Crippen LogP contribution is 2.31. The van der Waals surface area contributed by atoms with E-state index in [0.29, 0.717) is 5.02 Å². The van der Waals surface area contributed by atoms with E-state index in [-0.39, 0.29) is 0 Å². The largest absolute Gasteiger partial charge is 0.457 e. The highest BCUT2D eigenvalue weighted by atomic mass is 35.5. The Morgan fingerprint density at radius 3 is 2.64 bits per heavy atom. The molecule has 124 valence electrons. The summed E-state index contributed by atoms with van der Waals surface area (Å²) in [5.74, 6) is 2.45. The van der Waals surface area contributed by atoms with E-state index < -0.39 is 0 Å². The Bertz CT molecular complexity index is 1000. The average molecular weight is 367 g/mol. The molecule has 0 fully saturated rings. The van der Waals surface area contributed by atoms with E-state index in [4.69, 9.17) is 16.3 Å². The fourth-order valence-electron chi connectivity index (χ4n) is 2.51. The fourth-order valence-corrected chi connectivity index (χ4v) is 3.56. The lowest BCUT2D eigenvalue weighted by Gasteiger charge is -2.10. The number of aromatic amines is 1. The molecule has 0 aliphatic rings. The molecule has 0 radical (unpaired) electrons. The molecule has 25 heavy (non-hydrogen) atoms. The van der Waals surface area contributed by atoms with Crippen LogP contribution in [0.5, 0.6) is 11.5 Å². The number of aromatic nitrogens is 2. The predicted molar refractivity (Wildman–Crippen MR) is 104 cm³/mol. The molecule has 4 rings (SSSR count). The summed E-state index contributed by atoms with van der Waals surface area (Å²) in [6, 6.07) is 23.5. The third-order valence-electron chi connectivity index (χ3n) is 3.73. The van der Waals surface area contributed by atoms with Crippen molar-refractivity contribution in [1.82, 2.24) is 9.97 Å². The van der Waals surface area contributed by atoms with Gasteiger partial charge in [-0.1, -0.05) is 59.8 Å². The van der Waals surface area contributed by atoms with E-state index in [9.17, 15) is 0 Å². The number of hydrogen-bond donors (Lipinski definition) is 1. The maximum absolute atomic E-state index is 6.03. The lowest BCUT2D eigenvalue weighted by atomic mass is 10.2. The first-order chi connectivity index (χ1) is 12.3. The van der Waals surface area contributed by atoms with Gasteiger partial charge in [-0.15, -0.1) is 0 Å². The molecule has 0 spiro atoms. The number of nitrogens with zero attached hydrogens (tertiary/aromatic N) is 1. The van der Waals surface area contributed by atoms with Gasteiger partial charge in [-0.3, -0.25) is 0 Å². The molecule has 1 heterocycles. The normalized spacial score (nSPS) is 10.9. The molecule has 0 atom stereocenters. The van der Waals surface area contributed by atoms with Gasteiger partial charge in [0.05, 0.1) is 11.0 Å². The van der Waals surface area contributed by atoms with Crippen molar-refractivity contribution in [2.45, 2.75) is 10.9 Å². The van der Waals surface area contributed by atoms with Crippen molar-refractivity contribution < 1.29 is 4.74 Å². The van der Waals surface area contributed by atoms with E-state index in [1.54, 1.807) is 11.8 Å². The highest BCUT2D eigenvalue weighted by Gasteiger charge is 2.08. The number of rotatable bonds is 5. The fraction of sp³-hybridized carbons (Fsp3) is 0.0500. The van der Waals surface area contributed by atoms with Crippen molar-refractivity contribution in [3.63, 3.8) is 0 Å². The Labute approximate surface area is 155 Å². The minimum Gasteiger partial charge on any atom is -0.457 e. The van der Waals surface area contributed by atoms with Crippen molar-refractivity contribution in [2.24, 2.45) is 0 Å². The van der Waals surface area contributed by atoms with E-state index in [0.717, 1.165) is 39.0 Å². The molecule has 5 heteroatoms. The summed E-state index contributed by atoms with van der Waals surface area (Å²) >= 11 is 7.67. The van der Waals surface area contributed by atoms with Gasteiger partial charge in [-0.25, -0.2) is 4.98 Å². The number of halogens is 1. The summed E-state index contributed by atoms with van der Waals surface area (Å²) in [6.45, 7) is 0. The standard InChI is InChI=1S/C20H15ClN2OS/c21-15-10-11-17-18(12-15)23-20(22-17)25-13-14-6-4-5-9-19(14)24-16-7-2-1-3-8-16/h1-12H,13H2,(H,22,23). The van der Waals surface area contributed by atoms with Crippen LogP contribution in [0.4, 0.5) is 0 Å². The Kier molecular flexibility index (Phi) is 4.63. The zero-order valence-corrected chi connectivity index (χ0v) is 14.8. The summed E-state index contributed by atoms with van der Waals surface area (Å²) in [4.78, 5) is 7.89. The number of fused-ring (bicyclic) bond motifs is 1. The van der Waals surface area contributed by atoms with Gasteiger partial charge in [0.25, 0.3) is 0 Å². The van der Waals surface area contributed by atoms with Crippen LogP contribution in [-0.4, -0.2) is 9.97 Å². The third kappa shape index (κ3) is 3.81. The number of H-pyrrole nitrogens is 1. The maximum atomic E-state index is 6.03. The van der Waals surface area contributed by atoms with E-state index in [1.165, 1.54) is 0 Å². The Balaban J connectivity index is 1.52. The van der Waals surface area contributed by atoms with Crippen LogP contribution in [0.3, 0.4) is 0 Å². The summed E-state index contributed by atoms with van der Waals surface area (Å²) in [7, 11) is 0. The van der Waals surface area contributed by atoms with Gasteiger partial charge in [-0.05, 0) is 36.4 Å². The van der Waals surface area contributed by atoms with E-state index in [1.807, 2.05) is 66.7 Å². The Morgan fingerprint density at radius 2 is 1.76 bits per heavy atom. The molecule has 0 bridgehead atoms. The first-order valence-electron chi connectivity index (χ1n) is 7.87. The molecule has 0 amide bonds. The molecule has 3 nitrogen and oxygen atoms in total. The van der Waals surface area contributed by atoms with Crippen LogP contribution in [-0.2, 0) is 5.75 Å². The van der Waals surface area contributed by atoms with Gasteiger partial charge < -0.3 is 9.72 Å². The molecule has 0 saturated heterocycles. The van der Waals surface area contributed by atoms with Gasteiger partial charge in [0.15, 0.2) is 5.16 Å². The average Bonchev–Trinajstić information content (AvgIpc) is 3.04. The molecule has 3 aromatic carbocycles. The van der Waals surface area contributed by atoms with Crippen molar-refractivity contribution >= 4 is 34.4 Å². The van der Waals surface area contributed by atoms with Gasteiger partial charge in [0.2, 0.25) is 0 Å². The zero-order valence-electron chi connectivity index (χ0n) is 13.3. The second-order valence-corrected chi connectivity index (χ2v) is 6.92. The summed E-state index contributed by atoms with van der Waals surface area (Å²) < 4.78 is 6.01. The lowest BCUT2D eigenvalue weighted by molar-refractivity contribution is 0.478. The van der Waals surface area contributed by atoms with Crippen molar-refractivity contribution in [2.75, 3.05) is 0 Å². The topological polar surface area (TPSA) is 37.9 Å². The van der Waals surface area contributed by atoms with Crippen LogP contribution >= 0.6 is 23.4 Å². The minimum absolute atomic E-state index is 0.703. The van der Waals surface area contributed by atoms with E-state index >= 15 is 0 Å². The molecule has 0 saturated carbocycles. The quantitative estimate of drug-likeness (QED) is 0.421. The maximum Gasteiger partial charge on any atom is 0.166 e. The monoisotopic (exact) mass is 366 g/mol. The van der Waals surface area contributed by atoms with Crippen molar-refractivity contribution in [3.05, 3.63) is 83.4 Å². The number of imidazole rings is 1. The molecular weight excluding hydrogens is 352 g/mol. The summed E-state index contributed by atoms with van der Waals surface area (Å²) in [5, 5.41) is 1.57. The molecule has 1 aromatic heterocycles. The van der Waals surface area contributed by atoms with Gasteiger partial charge >= 0.3 is 0 Å². The van der Waals surface area contributed by atoms with Crippen LogP contribution in [0.1, 0.15) is 5.56 Å². The van der Waals surface area contributed by atoms with Crippen molar-refractivity contribution in [3.8, 4) is 11.5 Å². The Hall–Kier alpha value is -2.43. The first-order valence-corrected chi connectivity index (χ1v) is 9.23. The van der Waals surface area contributed by atoms with Crippen LogP contribution in [0, 0.1) is 0 Å². The molecule has 0 aliphatic carbocycles. The lowest BCUT2D eigenvalue weighted by Crippen LogP contribution is -1.90.